The summed E-state index contributed by atoms with van der Waals surface area (Å²) in [6, 6.07) is 1.68. The van der Waals surface area contributed by atoms with E-state index in [1.54, 1.807) is 17.5 Å². The predicted octanol–water partition coefficient (Wildman–Crippen LogP) is 0.438. The van der Waals surface area contributed by atoms with Crippen LogP contribution in [0.25, 0.3) is 0 Å². The maximum Gasteiger partial charge on any atom is 0.331 e. The van der Waals surface area contributed by atoms with Crippen LogP contribution in [-0.2, 0) is 9.59 Å². The molecule has 0 fully saturated rings. The van der Waals surface area contributed by atoms with Crippen molar-refractivity contribution in [2.75, 3.05) is 6.54 Å². The monoisotopic (exact) mass is 285 g/mol. The maximum atomic E-state index is 11.5. The molecule has 3 amide bonds. The Morgan fingerprint density at radius 2 is 2.16 bits per heavy atom. The van der Waals surface area contributed by atoms with Crippen LogP contribution in [0.4, 0.5) is 4.79 Å². The molecule has 0 spiro atoms. The van der Waals surface area contributed by atoms with Crippen LogP contribution in [-0.4, -0.2) is 29.6 Å². The molecule has 1 unspecified atom stereocenters. The van der Waals surface area contributed by atoms with Crippen LogP contribution in [0.5, 0.6) is 0 Å². The SMILES string of the molecule is NC(=O)CCCNC(=O)NC(C(=O)O)c1cccs1. The Balaban J connectivity index is 2.40. The largest absolute Gasteiger partial charge is 0.479 e. The summed E-state index contributed by atoms with van der Waals surface area (Å²) < 4.78 is 0. The van der Waals surface area contributed by atoms with Crippen molar-refractivity contribution in [1.82, 2.24) is 10.6 Å². The lowest BCUT2D eigenvalue weighted by atomic mass is 10.2. The van der Waals surface area contributed by atoms with Gasteiger partial charge < -0.3 is 21.5 Å². The molecule has 0 aliphatic carbocycles. The molecule has 0 aliphatic rings. The van der Waals surface area contributed by atoms with Crippen LogP contribution in [0.3, 0.4) is 0 Å². The Hall–Kier alpha value is -2.09. The standard InChI is InChI=1S/C11H15N3O4S/c12-8(15)4-1-5-13-11(18)14-9(10(16)17)7-3-2-6-19-7/h2-3,6,9H,1,4-5H2,(H2,12,15)(H,16,17)(H2,13,14,18). The molecule has 0 radical (unpaired) electrons. The van der Waals surface area contributed by atoms with Gasteiger partial charge in [0.2, 0.25) is 5.91 Å². The Morgan fingerprint density at radius 3 is 2.68 bits per heavy atom. The summed E-state index contributed by atoms with van der Waals surface area (Å²) in [6.07, 6.45) is 0.590. The number of carbonyl (C=O) groups excluding carboxylic acids is 2. The molecule has 0 saturated carbocycles. The number of aliphatic carboxylic acids is 1. The molecular formula is C11H15N3O4S. The fraction of sp³-hybridized carbons (Fsp3) is 0.364. The number of nitrogens with one attached hydrogen (secondary N) is 2. The topological polar surface area (TPSA) is 122 Å². The molecule has 19 heavy (non-hydrogen) atoms. The van der Waals surface area contributed by atoms with E-state index in [-0.39, 0.29) is 13.0 Å². The fourth-order valence-electron chi connectivity index (χ4n) is 1.36. The zero-order valence-corrected chi connectivity index (χ0v) is 10.9. The smallest absolute Gasteiger partial charge is 0.331 e. The van der Waals surface area contributed by atoms with Gasteiger partial charge in [-0.25, -0.2) is 9.59 Å². The summed E-state index contributed by atoms with van der Waals surface area (Å²) in [4.78, 5) is 33.6. The van der Waals surface area contributed by atoms with Crippen LogP contribution >= 0.6 is 11.3 Å². The third-order valence-electron chi connectivity index (χ3n) is 2.24. The second-order valence-electron chi connectivity index (χ2n) is 3.76. The number of primary amides is 1. The van der Waals surface area contributed by atoms with Crippen LogP contribution in [0.1, 0.15) is 23.8 Å². The van der Waals surface area contributed by atoms with Crippen molar-refractivity contribution >= 4 is 29.2 Å². The fourth-order valence-corrected chi connectivity index (χ4v) is 2.12. The lowest BCUT2D eigenvalue weighted by molar-refractivity contribution is -0.139. The number of carboxylic acids is 1. The zero-order chi connectivity index (χ0) is 14.3. The van der Waals surface area contributed by atoms with Gasteiger partial charge >= 0.3 is 12.0 Å². The van der Waals surface area contributed by atoms with E-state index in [0.717, 1.165) is 0 Å². The molecule has 1 aromatic rings. The van der Waals surface area contributed by atoms with Gasteiger partial charge in [0.15, 0.2) is 6.04 Å². The predicted molar refractivity (Wildman–Crippen MR) is 69.7 cm³/mol. The Morgan fingerprint density at radius 1 is 1.42 bits per heavy atom. The number of hydrogen-bond acceptors (Lipinski definition) is 4. The molecule has 0 aliphatic heterocycles. The van der Waals surface area contributed by atoms with Gasteiger partial charge in [0.1, 0.15) is 0 Å². The van der Waals surface area contributed by atoms with E-state index in [0.29, 0.717) is 11.3 Å². The van der Waals surface area contributed by atoms with E-state index in [2.05, 4.69) is 10.6 Å². The summed E-state index contributed by atoms with van der Waals surface area (Å²) in [5, 5.41) is 15.6. The van der Waals surface area contributed by atoms with E-state index in [9.17, 15) is 14.4 Å². The van der Waals surface area contributed by atoms with Gasteiger partial charge in [-0.15, -0.1) is 11.3 Å². The summed E-state index contributed by atoms with van der Waals surface area (Å²) in [7, 11) is 0. The average molecular weight is 285 g/mol. The number of amides is 3. The summed E-state index contributed by atoms with van der Waals surface area (Å²) in [5.41, 5.74) is 4.95. The van der Waals surface area contributed by atoms with Gasteiger partial charge in [-0.2, -0.15) is 0 Å². The molecule has 1 rings (SSSR count). The number of carbonyl (C=O) groups is 3. The van der Waals surface area contributed by atoms with Crippen molar-refractivity contribution in [3.63, 3.8) is 0 Å². The van der Waals surface area contributed by atoms with Gasteiger partial charge in [0.25, 0.3) is 0 Å². The minimum atomic E-state index is -1.13. The molecule has 8 heteroatoms. The minimum absolute atomic E-state index is 0.174. The van der Waals surface area contributed by atoms with Gasteiger partial charge in [-0.1, -0.05) is 6.07 Å². The highest BCUT2D eigenvalue weighted by Gasteiger charge is 2.22. The molecule has 1 atom stereocenters. The number of nitrogens with two attached hydrogens (primary N) is 1. The third kappa shape index (κ3) is 5.38. The first kappa shape index (κ1) is 15.0. The first-order chi connectivity index (χ1) is 9.00. The molecule has 0 saturated heterocycles. The molecule has 1 heterocycles. The zero-order valence-electron chi connectivity index (χ0n) is 10.1. The molecule has 1 aromatic heterocycles. The van der Waals surface area contributed by atoms with Crippen molar-refractivity contribution in [3.05, 3.63) is 22.4 Å². The Labute approximate surface area is 113 Å². The van der Waals surface area contributed by atoms with E-state index in [1.807, 2.05) is 0 Å². The lowest BCUT2D eigenvalue weighted by Gasteiger charge is -2.13. The Bertz CT molecular complexity index is 447. The van der Waals surface area contributed by atoms with E-state index < -0.39 is 23.9 Å². The van der Waals surface area contributed by atoms with E-state index in [4.69, 9.17) is 10.8 Å². The molecule has 104 valence electrons. The van der Waals surface area contributed by atoms with E-state index >= 15 is 0 Å². The highest BCUT2D eigenvalue weighted by atomic mass is 32.1. The number of hydrogen-bond donors (Lipinski definition) is 4. The highest BCUT2D eigenvalue weighted by Crippen LogP contribution is 2.18. The van der Waals surface area contributed by atoms with Gasteiger partial charge in [0, 0.05) is 17.8 Å². The molecule has 7 nitrogen and oxygen atoms in total. The second-order valence-corrected chi connectivity index (χ2v) is 4.74. The van der Waals surface area contributed by atoms with Crippen molar-refractivity contribution < 1.29 is 19.5 Å². The Kier molecular flexibility index (Phi) is 5.80. The van der Waals surface area contributed by atoms with Gasteiger partial charge in [-0.3, -0.25) is 4.79 Å². The van der Waals surface area contributed by atoms with Crippen molar-refractivity contribution in [2.24, 2.45) is 5.73 Å². The normalized spacial score (nSPS) is 11.6. The van der Waals surface area contributed by atoms with Gasteiger partial charge in [0.05, 0.1) is 0 Å². The molecule has 0 aromatic carbocycles. The summed E-state index contributed by atoms with van der Waals surface area (Å²) in [5.74, 6) is -1.57. The van der Waals surface area contributed by atoms with Crippen molar-refractivity contribution in [2.45, 2.75) is 18.9 Å². The van der Waals surface area contributed by atoms with E-state index in [1.165, 1.54) is 11.3 Å². The minimum Gasteiger partial charge on any atom is -0.479 e. The molecular weight excluding hydrogens is 270 g/mol. The first-order valence-electron chi connectivity index (χ1n) is 5.59. The number of rotatable bonds is 7. The highest BCUT2D eigenvalue weighted by molar-refractivity contribution is 7.10. The first-order valence-corrected chi connectivity index (χ1v) is 6.47. The van der Waals surface area contributed by atoms with Gasteiger partial charge in [-0.05, 0) is 17.9 Å². The quantitative estimate of drug-likeness (QED) is 0.543. The van der Waals surface area contributed by atoms with Crippen LogP contribution in [0.15, 0.2) is 17.5 Å². The second kappa shape index (κ2) is 7.37. The van der Waals surface area contributed by atoms with Crippen LogP contribution < -0.4 is 16.4 Å². The molecule has 0 bridgehead atoms. The average Bonchev–Trinajstić information content (AvgIpc) is 2.84. The third-order valence-corrected chi connectivity index (χ3v) is 3.17. The maximum absolute atomic E-state index is 11.5. The number of thiophene rings is 1. The number of urea groups is 1. The van der Waals surface area contributed by atoms with Crippen molar-refractivity contribution in [1.29, 1.82) is 0 Å². The summed E-state index contributed by atoms with van der Waals surface area (Å²) in [6.45, 7) is 0.256. The lowest BCUT2D eigenvalue weighted by Crippen LogP contribution is -2.41. The van der Waals surface area contributed by atoms with Crippen LogP contribution in [0, 0.1) is 0 Å². The summed E-state index contributed by atoms with van der Waals surface area (Å²) >= 11 is 1.25. The van der Waals surface area contributed by atoms with Crippen LogP contribution in [0.2, 0.25) is 0 Å². The molecule has 5 N–H and O–H groups in total. The number of carboxylic acid groups (broad SMARTS) is 1. The van der Waals surface area contributed by atoms with Crippen molar-refractivity contribution in [3.8, 4) is 0 Å².